The van der Waals surface area contributed by atoms with Gasteiger partial charge in [-0.05, 0) is 17.3 Å². The minimum atomic E-state index is -0.662. The first kappa shape index (κ1) is 11.5. The molecule has 0 bridgehead atoms. The number of carbonyl (C=O) groups excluding carboxylic acids is 2. The van der Waals surface area contributed by atoms with Crippen molar-refractivity contribution in [2.75, 3.05) is 4.90 Å². The average molecular weight is 275 g/mol. The molecular weight excluding hydrogens is 270 g/mol. The Morgan fingerprint density at radius 2 is 2.05 bits per heavy atom. The van der Waals surface area contributed by atoms with Crippen molar-refractivity contribution in [1.29, 1.82) is 0 Å². The number of nitroso groups, excluding NO2 is 1. The number of nitrogens with zero attached hydrogens (tertiary/aromatic N) is 3. The van der Waals surface area contributed by atoms with Crippen LogP contribution in [0.15, 0.2) is 29.6 Å². The predicted molar refractivity (Wildman–Crippen MR) is 66.8 cm³/mol. The van der Waals surface area contributed by atoms with E-state index >= 15 is 0 Å². The molecule has 1 aromatic heterocycles. The number of phenols is 1. The molecule has 3 rings (SSSR count). The van der Waals surface area contributed by atoms with Gasteiger partial charge < -0.3 is 5.11 Å². The number of amides is 2. The van der Waals surface area contributed by atoms with E-state index in [4.69, 9.17) is 0 Å². The lowest BCUT2D eigenvalue weighted by molar-refractivity contribution is 0.0925. The molecule has 0 unspecified atom stereocenters. The van der Waals surface area contributed by atoms with E-state index < -0.39 is 11.8 Å². The van der Waals surface area contributed by atoms with Crippen LogP contribution in [0.25, 0.3) is 0 Å². The monoisotopic (exact) mass is 275 g/mol. The summed E-state index contributed by atoms with van der Waals surface area (Å²) in [5, 5.41) is 12.5. The molecule has 94 valence electrons. The third kappa shape index (κ3) is 1.54. The smallest absolute Gasteiger partial charge is 0.271 e. The summed E-state index contributed by atoms with van der Waals surface area (Å²) in [5.74, 6) is -1.50. The van der Waals surface area contributed by atoms with Gasteiger partial charge in [0.05, 0.1) is 17.3 Å². The molecule has 2 aromatic rings. The van der Waals surface area contributed by atoms with Gasteiger partial charge in [-0.2, -0.15) is 0 Å². The Bertz CT molecular complexity index is 724. The van der Waals surface area contributed by atoms with Crippen LogP contribution in [-0.2, 0) is 0 Å². The molecule has 2 amide bonds. The Hall–Kier alpha value is -2.61. The molecule has 0 aliphatic carbocycles. The van der Waals surface area contributed by atoms with Crippen molar-refractivity contribution in [2.24, 2.45) is 5.18 Å². The number of hydrogen-bond acceptors (Lipinski definition) is 7. The van der Waals surface area contributed by atoms with Gasteiger partial charge in [-0.15, -0.1) is 4.91 Å². The average Bonchev–Trinajstić information content (AvgIpc) is 2.95. The normalized spacial score (nSPS) is 13.8. The van der Waals surface area contributed by atoms with E-state index in [9.17, 15) is 19.6 Å². The van der Waals surface area contributed by atoms with Gasteiger partial charge in [-0.3, -0.25) is 9.59 Å². The van der Waals surface area contributed by atoms with Crippen molar-refractivity contribution < 1.29 is 14.7 Å². The highest BCUT2D eigenvalue weighted by molar-refractivity contribution is 7.19. The van der Waals surface area contributed by atoms with Crippen LogP contribution in [0.5, 0.6) is 5.75 Å². The van der Waals surface area contributed by atoms with Crippen molar-refractivity contribution in [3.05, 3.63) is 40.4 Å². The number of imide groups is 1. The molecule has 19 heavy (non-hydrogen) atoms. The molecule has 1 N–H and O–H groups in total. The van der Waals surface area contributed by atoms with E-state index in [1.54, 1.807) is 0 Å². The summed E-state index contributed by atoms with van der Waals surface area (Å²) in [6.45, 7) is 0. The van der Waals surface area contributed by atoms with Crippen molar-refractivity contribution in [3.63, 3.8) is 0 Å². The molecular formula is C11H5N3O4S. The first-order chi connectivity index (χ1) is 9.13. The van der Waals surface area contributed by atoms with Gasteiger partial charge in [-0.1, -0.05) is 17.4 Å². The largest absolute Gasteiger partial charge is 0.507 e. The van der Waals surface area contributed by atoms with Crippen LogP contribution in [0, 0.1) is 4.91 Å². The Morgan fingerprint density at radius 3 is 2.68 bits per heavy atom. The number of aromatic nitrogens is 1. The van der Waals surface area contributed by atoms with Crippen LogP contribution in [-0.4, -0.2) is 21.9 Å². The van der Waals surface area contributed by atoms with Gasteiger partial charge in [0.1, 0.15) is 5.75 Å². The number of anilines is 1. The van der Waals surface area contributed by atoms with Crippen molar-refractivity contribution in [2.45, 2.75) is 0 Å². The molecule has 7 nitrogen and oxygen atoms in total. The number of fused-ring (bicyclic) bond motifs is 1. The van der Waals surface area contributed by atoms with E-state index in [1.165, 1.54) is 24.4 Å². The Kier molecular flexibility index (Phi) is 2.39. The summed E-state index contributed by atoms with van der Waals surface area (Å²) in [6.07, 6.45) is 1.18. The second kappa shape index (κ2) is 3.95. The molecule has 1 aliphatic heterocycles. The third-order valence-electron chi connectivity index (χ3n) is 2.66. The lowest BCUT2D eigenvalue weighted by Crippen LogP contribution is -2.29. The number of hydrogen-bond donors (Lipinski definition) is 1. The van der Waals surface area contributed by atoms with Crippen LogP contribution < -0.4 is 4.90 Å². The maximum Gasteiger partial charge on any atom is 0.271 e. The number of rotatable bonds is 2. The summed E-state index contributed by atoms with van der Waals surface area (Å²) in [5.41, 5.74) is 0.0594. The standard InChI is InChI=1S/C11H5N3O4S/c15-6-3-1-2-5-8(6)10(17)14(9(5)16)11-12-4-7(13-18)19-11/h1-4,15H. The van der Waals surface area contributed by atoms with Crippen LogP contribution in [0.1, 0.15) is 20.7 Å². The first-order valence-electron chi connectivity index (χ1n) is 5.13. The van der Waals surface area contributed by atoms with Gasteiger partial charge in [0.2, 0.25) is 5.13 Å². The highest BCUT2D eigenvalue weighted by Gasteiger charge is 2.40. The summed E-state index contributed by atoms with van der Waals surface area (Å²) < 4.78 is 0. The zero-order valence-electron chi connectivity index (χ0n) is 9.23. The van der Waals surface area contributed by atoms with Crippen LogP contribution >= 0.6 is 11.3 Å². The van der Waals surface area contributed by atoms with E-state index in [-0.39, 0.29) is 27.0 Å². The SMILES string of the molecule is O=Nc1cnc(N2C(=O)c3cccc(O)c3C2=O)s1. The fourth-order valence-electron chi connectivity index (χ4n) is 1.84. The summed E-state index contributed by atoms with van der Waals surface area (Å²) >= 11 is 0.826. The first-order valence-corrected chi connectivity index (χ1v) is 5.95. The van der Waals surface area contributed by atoms with E-state index in [2.05, 4.69) is 10.2 Å². The maximum absolute atomic E-state index is 12.1. The molecule has 2 heterocycles. The lowest BCUT2D eigenvalue weighted by Gasteiger charge is -2.08. The maximum atomic E-state index is 12.1. The molecule has 1 aliphatic rings. The molecule has 0 saturated carbocycles. The van der Waals surface area contributed by atoms with Gasteiger partial charge in [0.15, 0.2) is 5.00 Å². The fraction of sp³-hybridized carbons (Fsp3) is 0. The Morgan fingerprint density at radius 1 is 1.26 bits per heavy atom. The van der Waals surface area contributed by atoms with Gasteiger partial charge in [-0.25, -0.2) is 9.88 Å². The zero-order chi connectivity index (χ0) is 13.6. The molecule has 0 spiro atoms. The second-order valence-corrected chi connectivity index (χ2v) is 4.71. The highest BCUT2D eigenvalue weighted by Crippen LogP contribution is 2.36. The predicted octanol–water partition coefficient (Wildman–Crippen LogP) is 2.05. The lowest BCUT2D eigenvalue weighted by atomic mass is 10.1. The summed E-state index contributed by atoms with van der Waals surface area (Å²) in [7, 11) is 0. The molecule has 1 aromatic carbocycles. The zero-order valence-corrected chi connectivity index (χ0v) is 10.0. The van der Waals surface area contributed by atoms with Gasteiger partial charge in [0, 0.05) is 0 Å². The molecule has 0 saturated heterocycles. The van der Waals surface area contributed by atoms with E-state index in [0.29, 0.717) is 0 Å². The third-order valence-corrected chi connectivity index (χ3v) is 3.52. The van der Waals surface area contributed by atoms with Crippen LogP contribution in [0.3, 0.4) is 0 Å². The quantitative estimate of drug-likeness (QED) is 0.667. The minimum Gasteiger partial charge on any atom is -0.507 e. The summed E-state index contributed by atoms with van der Waals surface area (Å²) in [6, 6.07) is 4.25. The Balaban J connectivity index is 2.12. The van der Waals surface area contributed by atoms with E-state index in [1.807, 2.05) is 0 Å². The number of benzene rings is 1. The molecule has 8 heteroatoms. The van der Waals surface area contributed by atoms with Crippen LogP contribution in [0.2, 0.25) is 0 Å². The molecule has 0 fully saturated rings. The van der Waals surface area contributed by atoms with Gasteiger partial charge in [0.25, 0.3) is 11.8 Å². The van der Waals surface area contributed by atoms with Gasteiger partial charge >= 0.3 is 0 Å². The van der Waals surface area contributed by atoms with Crippen LogP contribution in [0.4, 0.5) is 10.1 Å². The Labute approximate surface area is 110 Å². The number of phenolic OH excluding ortho intramolecular Hbond substituents is 1. The van der Waals surface area contributed by atoms with Crippen molar-refractivity contribution in [1.82, 2.24) is 4.98 Å². The highest BCUT2D eigenvalue weighted by atomic mass is 32.1. The summed E-state index contributed by atoms with van der Waals surface area (Å²) in [4.78, 5) is 39.2. The number of aromatic hydroxyl groups is 1. The van der Waals surface area contributed by atoms with Crippen molar-refractivity contribution in [3.8, 4) is 5.75 Å². The minimum absolute atomic E-state index is 0.0525. The number of carbonyl (C=O) groups is 2. The van der Waals surface area contributed by atoms with E-state index in [0.717, 1.165) is 16.2 Å². The number of thiazole rings is 1. The topological polar surface area (TPSA) is 99.9 Å². The molecule has 0 radical (unpaired) electrons. The second-order valence-electron chi connectivity index (χ2n) is 3.72. The van der Waals surface area contributed by atoms with Crippen molar-refractivity contribution >= 4 is 33.3 Å². The molecule has 0 atom stereocenters. The fourth-order valence-corrected chi connectivity index (χ4v) is 2.54.